The highest BCUT2D eigenvalue weighted by atomic mass is 16.3. The van der Waals surface area contributed by atoms with Crippen molar-refractivity contribution in [3.8, 4) is 0 Å². The zero-order chi connectivity index (χ0) is 13.4. The van der Waals surface area contributed by atoms with Crippen molar-refractivity contribution < 1.29 is 5.11 Å². The van der Waals surface area contributed by atoms with E-state index in [-0.39, 0.29) is 6.61 Å². The number of fused-ring (bicyclic) bond motifs is 2. The topological polar surface area (TPSA) is 77.0 Å². The molecule has 0 bridgehead atoms. The van der Waals surface area contributed by atoms with Crippen molar-refractivity contribution in [2.24, 2.45) is 0 Å². The third kappa shape index (κ3) is 1.82. The number of nitrogens with zero attached hydrogens (tertiary/aromatic N) is 3. The minimum absolute atomic E-state index is 0.0192. The molecular weight excluding hydrogens is 240 g/mol. The van der Waals surface area contributed by atoms with Gasteiger partial charge in [-0.2, -0.15) is 5.10 Å². The average molecular weight is 256 g/mol. The Kier molecular flexibility index (Phi) is 2.83. The summed E-state index contributed by atoms with van der Waals surface area (Å²) >= 11 is 0. The van der Waals surface area contributed by atoms with E-state index in [1.165, 1.54) is 5.56 Å². The summed E-state index contributed by atoms with van der Waals surface area (Å²) < 4.78 is 1.66. The molecule has 2 heterocycles. The molecule has 0 atom stereocenters. The van der Waals surface area contributed by atoms with Gasteiger partial charge in [-0.1, -0.05) is 25.1 Å². The van der Waals surface area contributed by atoms with Crippen LogP contribution in [0.3, 0.4) is 0 Å². The van der Waals surface area contributed by atoms with Crippen LogP contribution in [-0.4, -0.2) is 26.5 Å². The van der Waals surface area contributed by atoms with Crippen molar-refractivity contribution in [3.63, 3.8) is 0 Å². The molecule has 98 valence electrons. The van der Waals surface area contributed by atoms with Gasteiger partial charge in [-0.25, -0.2) is 9.67 Å². The molecule has 0 aliphatic rings. The van der Waals surface area contributed by atoms with Crippen molar-refractivity contribution in [1.82, 2.24) is 14.8 Å². The second-order valence-corrected chi connectivity index (χ2v) is 4.53. The number of rotatable bonds is 3. The molecule has 0 saturated heterocycles. The number of hydrogen-bond donors (Lipinski definition) is 2. The van der Waals surface area contributed by atoms with Crippen LogP contribution in [0.5, 0.6) is 0 Å². The first-order valence-electron chi connectivity index (χ1n) is 6.40. The van der Waals surface area contributed by atoms with Gasteiger partial charge in [0.2, 0.25) is 0 Å². The molecule has 19 heavy (non-hydrogen) atoms. The fourth-order valence-electron chi connectivity index (χ4n) is 2.40. The molecule has 3 N–H and O–H groups in total. The summed E-state index contributed by atoms with van der Waals surface area (Å²) in [6.45, 7) is 2.53. The van der Waals surface area contributed by atoms with Gasteiger partial charge in [-0.3, -0.25) is 0 Å². The van der Waals surface area contributed by atoms with Gasteiger partial charge in [0.15, 0.2) is 11.5 Å². The smallest absolute Gasteiger partial charge is 0.160 e. The largest absolute Gasteiger partial charge is 0.394 e. The van der Waals surface area contributed by atoms with Gasteiger partial charge in [0, 0.05) is 5.39 Å². The molecule has 3 rings (SSSR count). The van der Waals surface area contributed by atoms with Gasteiger partial charge in [-0.15, -0.1) is 0 Å². The number of aliphatic hydroxyl groups is 1. The first-order chi connectivity index (χ1) is 9.24. The SMILES string of the molecule is CCc1cccc2cc3c(N)nn(CCO)c3nc12. The van der Waals surface area contributed by atoms with Crippen LogP contribution in [0.1, 0.15) is 12.5 Å². The molecule has 0 fully saturated rings. The highest BCUT2D eigenvalue weighted by molar-refractivity contribution is 5.97. The number of nitrogens with two attached hydrogens (primary N) is 1. The van der Waals surface area contributed by atoms with Crippen molar-refractivity contribution in [2.75, 3.05) is 12.3 Å². The highest BCUT2D eigenvalue weighted by Crippen LogP contribution is 2.26. The molecule has 0 radical (unpaired) electrons. The summed E-state index contributed by atoms with van der Waals surface area (Å²) in [6.07, 6.45) is 0.930. The summed E-state index contributed by atoms with van der Waals surface area (Å²) in [6, 6.07) is 8.16. The van der Waals surface area contributed by atoms with E-state index in [4.69, 9.17) is 15.8 Å². The number of nitrogen functional groups attached to an aromatic ring is 1. The van der Waals surface area contributed by atoms with Crippen LogP contribution in [0.2, 0.25) is 0 Å². The number of aryl methyl sites for hydroxylation is 1. The van der Waals surface area contributed by atoms with Crippen LogP contribution in [-0.2, 0) is 13.0 Å². The van der Waals surface area contributed by atoms with Crippen molar-refractivity contribution in [3.05, 3.63) is 29.8 Å². The fourth-order valence-corrected chi connectivity index (χ4v) is 2.40. The number of anilines is 1. The van der Waals surface area contributed by atoms with E-state index in [1.54, 1.807) is 4.68 Å². The predicted molar refractivity (Wildman–Crippen MR) is 75.9 cm³/mol. The van der Waals surface area contributed by atoms with Gasteiger partial charge in [0.1, 0.15) is 0 Å². The second kappa shape index (κ2) is 4.51. The van der Waals surface area contributed by atoms with Crippen LogP contribution in [0.25, 0.3) is 21.9 Å². The molecule has 3 aromatic rings. The van der Waals surface area contributed by atoms with Crippen LogP contribution in [0.4, 0.5) is 5.82 Å². The quantitative estimate of drug-likeness (QED) is 0.748. The lowest BCUT2D eigenvalue weighted by Gasteiger charge is -2.05. The average Bonchev–Trinajstić information content (AvgIpc) is 2.73. The minimum atomic E-state index is 0.0192. The number of aromatic nitrogens is 3. The van der Waals surface area contributed by atoms with Crippen molar-refractivity contribution in [1.29, 1.82) is 0 Å². The molecule has 2 aromatic heterocycles. The summed E-state index contributed by atoms with van der Waals surface area (Å²) in [5.74, 6) is 0.458. The van der Waals surface area contributed by atoms with Gasteiger partial charge in [0.25, 0.3) is 0 Å². The van der Waals surface area contributed by atoms with E-state index >= 15 is 0 Å². The van der Waals surface area contributed by atoms with E-state index < -0.39 is 0 Å². The fraction of sp³-hybridized carbons (Fsp3) is 0.286. The van der Waals surface area contributed by atoms with Crippen LogP contribution in [0.15, 0.2) is 24.3 Å². The summed E-state index contributed by atoms with van der Waals surface area (Å²) in [4.78, 5) is 4.70. The van der Waals surface area contributed by atoms with E-state index in [0.29, 0.717) is 12.4 Å². The van der Waals surface area contributed by atoms with Gasteiger partial charge < -0.3 is 10.8 Å². The molecule has 0 spiro atoms. The van der Waals surface area contributed by atoms with E-state index in [0.717, 1.165) is 28.4 Å². The predicted octanol–water partition coefficient (Wildman–Crippen LogP) is 1.72. The molecule has 0 aliphatic heterocycles. The van der Waals surface area contributed by atoms with Gasteiger partial charge in [0.05, 0.1) is 24.1 Å². The standard InChI is InChI=1S/C14H16N4O/c1-2-9-4-3-5-10-8-11-13(15)17-18(6-7-19)14(11)16-12(9)10/h3-5,8,19H,2,6-7H2,1H3,(H2,15,17). The highest BCUT2D eigenvalue weighted by Gasteiger charge is 2.11. The molecule has 5 heteroatoms. The Balaban J connectivity index is 2.37. The maximum Gasteiger partial charge on any atom is 0.160 e. The van der Waals surface area contributed by atoms with Crippen molar-refractivity contribution in [2.45, 2.75) is 19.9 Å². The number of pyridine rings is 1. The number of aliphatic hydroxyl groups excluding tert-OH is 1. The second-order valence-electron chi connectivity index (χ2n) is 4.53. The molecule has 5 nitrogen and oxygen atoms in total. The third-order valence-electron chi connectivity index (χ3n) is 3.35. The molecule has 0 aliphatic carbocycles. The zero-order valence-electron chi connectivity index (χ0n) is 10.8. The lowest BCUT2D eigenvalue weighted by Crippen LogP contribution is -2.05. The Morgan fingerprint density at radius 2 is 2.21 bits per heavy atom. The summed E-state index contributed by atoms with van der Waals surface area (Å²) in [5, 5.41) is 15.2. The molecule has 0 saturated carbocycles. The number of hydrogen-bond acceptors (Lipinski definition) is 4. The molecule has 1 aromatic carbocycles. The lowest BCUT2D eigenvalue weighted by molar-refractivity contribution is 0.271. The Labute approximate surface area is 110 Å². The Hall–Kier alpha value is -2.14. The van der Waals surface area contributed by atoms with E-state index in [9.17, 15) is 0 Å². The molecule has 0 unspecified atom stereocenters. The summed E-state index contributed by atoms with van der Waals surface area (Å²) in [5.41, 5.74) is 8.84. The zero-order valence-corrected chi connectivity index (χ0v) is 10.8. The third-order valence-corrected chi connectivity index (χ3v) is 3.35. The number of para-hydroxylation sites is 1. The normalized spacial score (nSPS) is 11.5. The summed E-state index contributed by atoms with van der Waals surface area (Å²) in [7, 11) is 0. The monoisotopic (exact) mass is 256 g/mol. The first-order valence-corrected chi connectivity index (χ1v) is 6.40. The maximum atomic E-state index is 9.07. The lowest BCUT2D eigenvalue weighted by atomic mass is 10.1. The Morgan fingerprint density at radius 3 is 2.95 bits per heavy atom. The Morgan fingerprint density at radius 1 is 1.37 bits per heavy atom. The van der Waals surface area contributed by atoms with Gasteiger partial charge >= 0.3 is 0 Å². The van der Waals surface area contributed by atoms with E-state index in [2.05, 4.69) is 18.1 Å². The molecule has 0 amide bonds. The number of benzene rings is 1. The van der Waals surface area contributed by atoms with E-state index in [1.807, 2.05) is 18.2 Å². The molecular formula is C14H16N4O. The van der Waals surface area contributed by atoms with Gasteiger partial charge in [-0.05, 0) is 18.1 Å². The minimum Gasteiger partial charge on any atom is -0.394 e. The van der Waals surface area contributed by atoms with Crippen LogP contribution < -0.4 is 5.73 Å². The van der Waals surface area contributed by atoms with Crippen LogP contribution >= 0.6 is 0 Å². The van der Waals surface area contributed by atoms with Crippen molar-refractivity contribution >= 4 is 27.8 Å². The maximum absolute atomic E-state index is 9.07. The Bertz CT molecular complexity index is 748. The first kappa shape index (κ1) is 11.9. The van der Waals surface area contributed by atoms with Crippen LogP contribution in [0, 0.1) is 0 Å².